The second kappa shape index (κ2) is 8.81. The number of nitrogens with one attached hydrogen (secondary N) is 2. The highest BCUT2D eigenvalue weighted by molar-refractivity contribution is 7.89. The van der Waals surface area contributed by atoms with Crippen LogP contribution in [0.4, 0.5) is 0 Å². The minimum absolute atomic E-state index is 0.0531. The second-order valence-corrected chi connectivity index (χ2v) is 12.4. The molecule has 0 saturated heterocycles. The molecule has 184 valence electrons. The van der Waals surface area contributed by atoms with Gasteiger partial charge in [0, 0.05) is 12.5 Å². The summed E-state index contributed by atoms with van der Waals surface area (Å²) >= 11 is 0. The number of carbonyl (C=O) groups is 1. The van der Waals surface area contributed by atoms with E-state index in [1.54, 1.807) is 12.1 Å². The number of hydrogen-bond donors (Lipinski definition) is 2. The lowest BCUT2D eigenvalue weighted by Crippen LogP contribution is -2.55. The zero-order chi connectivity index (χ0) is 24.1. The third kappa shape index (κ3) is 4.55. The standard InChI is InChI=1S/C26H35N3O4S/c1-27-34(31,32)24-7-5-4-6-18(24)12-19-10-17(11-23(19)33-22-8-9-22)16-28-25(30)26(29(2)3)14-20-13-21(20)15-26/h4-7,10-11,19-22,27H,8-9,12-16H2,1-3H3,(H,28,30)/t19-,20?,21?,26?/m0/s1. The number of benzene rings is 1. The van der Waals surface area contributed by atoms with Gasteiger partial charge in [0.1, 0.15) is 11.3 Å². The third-order valence-corrected chi connectivity index (χ3v) is 9.42. The molecular weight excluding hydrogens is 450 g/mol. The maximum Gasteiger partial charge on any atom is 0.240 e. The van der Waals surface area contributed by atoms with Gasteiger partial charge in [0.15, 0.2) is 0 Å². The van der Waals surface area contributed by atoms with Gasteiger partial charge in [-0.1, -0.05) is 24.3 Å². The van der Waals surface area contributed by atoms with Gasteiger partial charge in [0.2, 0.25) is 15.9 Å². The predicted molar refractivity (Wildman–Crippen MR) is 130 cm³/mol. The van der Waals surface area contributed by atoms with Crippen molar-refractivity contribution >= 4 is 15.9 Å². The number of likely N-dealkylation sites (N-methyl/N-ethyl adjacent to an activating group) is 1. The lowest BCUT2D eigenvalue weighted by molar-refractivity contribution is -0.132. The summed E-state index contributed by atoms with van der Waals surface area (Å²) in [4.78, 5) is 15.6. The molecule has 0 spiro atoms. The van der Waals surface area contributed by atoms with Crippen molar-refractivity contribution in [3.63, 3.8) is 0 Å². The van der Waals surface area contributed by atoms with E-state index < -0.39 is 15.6 Å². The molecule has 8 heteroatoms. The molecule has 0 heterocycles. The smallest absolute Gasteiger partial charge is 0.240 e. The zero-order valence-electron chi connectivity index (χ0n) is 20.2. The van der Waals surface area contributed by atoms with E-state index in [4.69, 9.17) is 4.74 Å². The number of ether oxygens (including phenoxy) is 1. The molecule has 3 saturated carbocycles. The molecule has 1 aromatic rings. The van der Waals surface area contributed by atoms with E-state index in [1.807, 2.05) is 32.3 Å². The van der Waals surface area contributed by atoms with E-state index in [9.17, 15) is 13.2 Å². The van der Waals surface area contributed by atoms with Gasteiger partial charge in [-0.05, 0) is 94.8 Å². The summed E-state index contributed by atoms with van der Waals surface area (Å²) in [5, 5.41) is 3.19. The Morgan fingerprint density at radius 2 is 1.88 bits per heavy atom. The van der Waals surface area contributed by atoms with Gasteiger partial charge in [-0.15, -0.1) is 0 Å². The molecule has 3 fully saturated rings. The Balaban J connectivity index is 1.31. The average molecular weight is 486 g/mol. The Kier molecular flexibility index (Phi) is 6.11. The molecule has 5 rings (SSSR count). The SMILES string of the molecule is CNS(=O)(=O)c1ccccc1C[C@@H]1C=C(CNC(=O)C2(N(C)C)CC3CC3C2)C=C1OC1CC1. The van der Waals surface area contributed by atoms with E-state index in [2.05, 4.69) is 21.0 Å². The van der Waals surface area contributed by atoms with Crippen LogP contribution in [0.1, 0.15) is 37.7 Å². The van der Waals surface area contributed by atoms with Crippen LogP contribution in [-0.2, 0) is 26.0 Å². The summed E-state index contributed by atoms with van der Waals surface area (Å²) in [6.07, 6.45) is 10.2. The van der Waals surface area contributed by atoms with Crippen LogP contribution in [0, 0.1) is 17.8 Å². The fourth-order valence-corrected chi connectivity index (χ4v) is 6.56. The average Bonchev–Trinajstić information content (AvgIpc) is 3.71. The summed E-state index contributed by atoms with van der Waals surface area (Å²) < 4.78 is 33.7. The van der Waals surface area contributed by atoms with Crippen LogP contribution >= 0.6 is 0 Å². The van der Waals surface area contributed by atoms with Gasteiger partial charge >= 0.3 is 0 Å². The fraction of sp³-hybridized carbons (Fsp3) is 0.577. The van der Waals surface area contributed by atoms with Crippen molar-refractivity contribution in [3.8, 4) is 0 Å². The van der Waals surface area contributed by atoms with E-state index >= 15 is 0 Å². The van der Waals surface area contributed by atoms with Crippen LogP contribution in [-0.4, -0.2) is 58.6 Å². The molecule has 2 unspecified atom stereocenters. The van der Waals surface area contributed by atoms with Crippen molar-refractivity contribution in [2.24, 2.45) is 17.8 Å². The molecule has 4 aliphatic carbocycles. The quantitative estimate of drug-likeness (QED) is 0.532. The maximum atomic E-state index is 13.3. The Bertz CT molecular complexity index is 1130. The highest BCUT2D eigenvalue weighted by Crippen LogP contribution is 2.57. The van der Waals surface area contributed by atoms with Crippen LogP contribution in [0.5, 0.6) is 0 Å². The van der Waals surface area contributed by atoms with Crippen LogP contribution < -0.4 is 10.0 Å². The van der Waals surface area contributed by atoms with Crippen LogP contribution in [0.2, 0.25) is 0 Å². The second-order valence-electron chi connectivity index (χ2n) is 10.5. The molecule has 4 aliphatic rings. The Hall–Kier alpha value is -2.16. The predicted octanol–water partition coefficient (Wildman–Crippen LogP) is 2.60. The number of nitrogens with zero attached hydrogens (tertiary/aromatic N) is 1. The molecule has 0 bridgehead atoms. The number of sulfonamides is 1. The zero-order valence-corrected chi connectivity index (χ0v) is 21.0. The first-order valence-electron chi connectivity index (χ1n) is 12.3. The Morgan fingerprint density at radius 1 is 1.18 bits per heavy atom. The van der Waals surface area contributed by atoms with Crippen LogP contribution in [0.3, 0.4) is 0 Å². The van der Waals surface area contributed by atoms with Gasteiger partial charge in [-0.2, -0.15) is 0 Å². The van der Waals surface area contributed by atoms with E-state index in [1.165, 1.54) is 13.5 Å². The third-order valence-electron chi connectivity index (χ3n) is 7.91. The van der Waals surface area contributed by atoms with Crippen LogP contribution in [0.25, 0.3) is 0 Å². The minimum atomic E-state index is -3.55. The Labute approximate surface area is 202 Å². The van der Waals surface area contributed by atoms with Crippen molar-refractivity contribution in [2.75, 3.05) is 27.7 Å². The number of rotatable bonds is 10. The van der Waals surface area contributed by atoms with Gasteiger partial charge in [0.05, 0.1) is 11.0 Å². The molecule has 1 aromatic carbocycles. The number of amides is 1. The molecule has 0 aromatic heterocycles. The number of carbonyl (C=O) groups excluding carboxylic acids is 1. The number of fused-ring (bicyclic) bond motifs is 1. The first-order chi connectivity index (χ1) is 16.2. The largest absolute Gasteiger partial charge is 0.494 e. The summed E-state index contributed by atoms with van der Waals surface area (Å²) in [7, 11) is 1.89. The van der Waals surface area contributed by atoms with Crippen molar-refractivity contribution in [3.05, 3.63) is 53.3 Å². The van der Waals surface area contributed by atoms with E-state index in [0.29, 0.717) is 29.7 Å². The normalized spacial score (nSPS) is 30.1. The molecular formula is C26H35N3O4S. The topological polar surface area (TPSA) is 87.7 Å². The lowest BCUT2D eigenvalue weighted by atomic mass is 9.90. The summed E-state index contributed by atoms with van der Waals surface area (Å²) in [6, 6.07) is 7.10. The van der Waals surface area contributed by atoms with Crippen molar-refractivity contribution in [1.82, 2.24) is 14.9 Å². The lowest BCUT2D eigenvalue weighted by Gasteiger charge is -2.36. The molecule has 0 radical (unpaired) electrons. The van der Waals surface area contributed by atoms with Crippen molar-refractivity contribution < 1.29 is 17.9 Å². The molecule has 3 atom stereocenters. The summed E-state index contributed by atoms with van der Waals surface area (Å²) in [5.41, 5.74) is 1.37. The van der Waals surface area contributed by atoms with Gasteiger partial charge in [0.25, 0.3) is 0 Å². The Morgan fingerprint density at radius 3 is 2.53 bits per heavy atom. The summed E-state index contributed by atoms with van der Waals surface area (Å²) in [6.45, 7) is 0.453. The van der Waals surface area contributed by atoms with Gasteiger partial charge in [-0.3, -0.25) is 9.69 Å². The molecule has 0 aliphatic heterocycles. The molecule has 7 nitrogen and oxygen atoms in total. The van der Waals surface area contributed by atoms with E-state index in [-0.39, 0.29) is 17.9 Å². The van der Waals surface area contributed by atoms with Crippen molar-refractivity contribution in [1.29, 1.82) is 0 Å². The number of allylic oxidation sites excluding steroid dienone is 1. The first kappa shape index (κ1) is 23.6. The minimum Gasteiger partial charge on any atom is -0.494 e. The summed E-state index contributed by atoms with van der Waals surface area (Å²) in [5.74, 6) is 2.33. The van der Waals surface area contributed by atoms with E-state index in [0.717, 1.165) is 42.6 Å². The molecule has 1 amide bonds. The van der Waals surface area contributed by atoms with Gasteiger partial charge in [-0.25, -0.2) is 13.1 Å². The monoisotopic (exact) mass is 485 g/mol. The van der Waals surface area contributed by atoms with Crippen LogP contribution in [0.15, 0.2) is 52.6 Å². The maximum absolute atomic E-state index is 13.3. The molecule has 34 heavy (non-hydrogen) atoms. The van der Waals surface area contributed by atoms with Gasteiger partial charge < -0.3 is 10.1 Å². The molecule has 2 N–H and O–H groups in total. The highest BCUT2D eigenvalue weighted by atomic mass is 32.2. The number of hydrogen-bond acceptors (Lipinski definition) is 5. The fourth-order valence-electron chi connectivity index (χ4n) is 5.59. The first-order valence-corrected chi connectivity index (χ1v) is 13.8. The van der Waals surface area contributed by atoms with Crippen molar-refractivity contribution in [2.45, 2.75) is 55.1 Å². The highest BCUT2D eigenvalue weighted by Gasteiger charge is 2.58.